The lowest BCUT2D eigenvalue weighted by molar-refractivity contribution is -0.142. The minimum Gasteiger partial charge on any atom is -0.494 e. The van der Waals surface area contributed by atoms with Crippen LogP contribution in [0.15, 0.2) is 29.2 Å². The number of rotatable bonds is 6. The number of nitrogens with zero attached hydrogens (tertiary/aromatic N) is 1. The number of hydrogen-bond donors (Lipinski definition) is 1. The molecule has 7 heteroatoms. The second-order valence-corrected chi connectivity index (χ2v) is 7.30. The van der Waals surface area contributed by atoms with Gasteiger partial charge in [-0.1, -0.05) is 6.92 Å². The van der Waals surface area contributed by atoms with Crippen LogP contribution in [0.4, 0.5) is 0 Å². The van der Waals surface area contributed by atoms with Gasteiger partial charge in [-0.15, -0.1) is 0 Å². The van der Waals surface area contributed by atoms with Gasteiger partial charge in [-0.05, 0) is 43.5 Å². The highest BCUT2D eigenvalue weighted by atomic mass is 32.2. The number of carboxylic acid groups (broad SMARTS) is 1. The van der Waals surface area contributed by atoms with Crippen molar-refractivity contribution in [3.8, 4) is 5.75 Å². The van der Waals surface area contributed by atoms with Crippen LogP contribution in [0.25, 0.3) is 0 Å². The Balaban J connectivity index is 2.13. The van der Waals surface area contributed by atoms with E-state index in [0.717, 1.165) is 6.42 Å². The molecule has 6 nitrogen and oxygen atoms in total. The summed E-state index contributed by atoms with van der Waals surface area (Å²) in [6, 6.07) is 6.26. The van der Waals surface area contributed by atoms with E-state index in [9.17, 15) is 13.2 Å². The quantitative estimate of drug-likeness (QED) is 0.863. The maximum Gasteiger partial charge on any atom is 0.307 e. The SMILES string of the molecule is CCCOc1ccc(S(=O)(=O)N2CCCC(C(=O)O)C2)cc1. The number of carboxylic acids is 1. The monoisotopic (exact) mass is 327 g/mol. The normalized spacial score (nSPS) is 19.8. The van der Waals surface area contributed by atoms with E-state index in [-0.39, 0.29) is 11.4 Å². The molecule has 122 valence electrons. The van der Waals surface area contributed by atoms with Crippen molar-refractivity contribution in [3.63, 3.8) is 0 Å². The maximum absolute atomic E-state index is 12.6. The smallest absolute Gasteiger partial charge is 0.307 e. The van der Waals surface area contributed by atoms with Crippen LogP contribution in [0, 0.1) is 5.92 Å². The first-order valence-corrected chi connectivity index (χ1v) is 8.85. The van der Waals surface area contributed by atoms with E-state index in [2.05, 4.69) is 0 Å². The average molecular weight is 327 g/mol. The number of carbonyl (C=O) groups is 1. The third kappa shape index (κ3) is 3.78. The van der Waals surface area contributed by atoms with Gasteiger partial charge in [0.15, 0.2) is 0 Å². The summed E-state index contributed by atoms with van der Waals surface area (Å²) in [5.41, 5.74) is 0. The summed E-state index contributed by atoms with van der Waals surface area (Å²) >= 11 is 0. The minimum absolute atomic E-state index is 0.0335. The van der Waals surface area contributed by atoms with Crippen molar-refractivity contribution < 1.29 is 23.1 Å². The molecule has 0 spiro atoms. The Bertz CT molecular complexity index is 611. The molecule has 0 aromatic heterocycles. The third-order valence-corrected chi connectivity index (χ3v) is 5.55. The molecule has 1 N–H and O–H groups in total. The minimum atomic E-state index is -3.65. The van der Waals surface area contributed by atoms with E-state index in [1.54, 1.807) is 12.1 Å². The van der Waals surface area contributed by atoms with E-state index in [1.165, 1.54) is 16.4 Å². The van der Waals surface area contributed by atoms with Crippen molar-refractivity contribution in [1.82, 2.24) is 4.31 Å². The number of benzene rings is 1. The molecule has 0 amide bonds. The van der Waals surface area contributed by atoms with Gasteiger partial charge in [-0.25, -0.2) is 8.42 Å². The molecule has 1 fully saturated rings. The molecule has 1 aliphatic rings. The number of hydrogen-bond acceptors (Lipinski definition) is 4. The van der Waals surface area contributed by atoms with Crippen LogP contribution in [-0.2, 0) is 14.8 Å². The standard InChI is InChI=1S/C15H21NO5S/c1-2-10-21-13-5-7-14(8-6-13)22(19,20)16-9-3-4-12(11-16)15(17)18/h5-8,12H,2-4,9-11H2,1H3,(H,17,18). The second-order valence-electron chi connectivity index (χ2n) is 5.36. The predicted molar refractivity (Wildman–Crippen MR) is 81.3 cm³/mol. The third-order valence-electron chi connectivity index (χ3n) is 3.67. The number of sulfonamides is 1. The van der Waals surface area contributed by atoms with E-state index >= 15 is 0 Å². The van der Waals surface area contributed by atoms with Gasteiger partial charge in [-0.3, -0.25) is 4.79 Å². The highest BCUT2D eigenvalue weighted by molar-refractivity contribution is 7.89. The van der Waals surface area contributed by atoms with Gasteiger partial charge in [0, 0.05) is 13.1 Å². The fourth-order valence-electron chi connectivity index (χ4n) is 2.44. The molecule has 1 aromatic carbocycles. The van der Waals surface area contributed by atoms with Crippen LogP contribution in [0.1, 0.15) is 26.2 Å². The lowest BCUT2D eigenvalue weighted by Gasteiger charge is -2.29. The van der Waals surface area contributed by atoms with Gasteiger partial charge in [0.1, 0.15) is 5.75 Å². The van der Waals surface area contributed by atoms with Crippen LogP contribution >= 0.6 is 0 Å². The van der Waals surface area contributed by atoms with Crippen LogP contribution < -0.4 is 4.74 Å². The average Bonchev–Trinajstić information content (AvgIpc) is 2.53. The lowest BCUT2D eigenvalue weighted by atomic mass is 10.0. The molecule has 0 saturated carbocycles. The molecule has 1 aromatic rings. The van der Waals surface area contributed by atoms with E-state index in [4.69, 9.17) is 9.84 Å². The van der Waals surface area contributed by atoms with E-state index < -0.39 is 21.9 Å². The van der Waals surface area contributed by atoms with E-state index in [1.807, 2.05) is 6.92 Å². The summed E-state index contributed by atoms with van der Waals surface area (Å²) in [6.07, 6.45) is 1.96. The highest BCUT2D eigenvalue weighted by Crippen LogP contribution is 2.25. The molecule has 1 heterocycles. The first-order chi connectivity index (χ1) is 10.4. The number of piperidine rings is 1. The molecule has 1 atom stereocenters. The maximum atomic E-state index is 12.6. The van der Waals surface area contributed by atoms with Crippen molar-refractivity contribution in [2.45, 2.75) is 31.1 Å². The summed E-state index contributed by atoms with van der Waals surface area (Å²) in [5.74, 6) is -0.943. The summed E-state index contributed by atoms with van der Waals surface area (Å²) < 4.78 is 31.8. The predicted octanol–water partition coefficient (Wildman–Crippen LogP) is 1.96. The van der Waals surface area contributed by atoms with Crippen molar-refractivity contribution >= 4 is 16.0 Å². The number of ether oxygens (including phenoxy) is 1. The summed E-state index contributed by atoms with van der Waals surface area (Å²) in [6.45, 7) is 2.97. The number of aliphatic carboxylic acids is 1. The highest BCUT2D eigenvalue weighted by Gasteiger charge is 2.33. The van der Waals surface area contributed by atoms with Crippen LogP contribution in [0.2, 0.25) is 0 Å². The summed E-state index contributed by atoms with van der Waals surface area (Å²) in [7, 11) is -3.65. The van der Waals surface area contributed by atoms with Gasteiger partial charge in [0.25, 0.3) is 0 Å². The van der Waals surface area contributed by atoms with Gasteiger partial charge < -0.3 is 9.84 Å². The van der Waals surface area contributed by atoms with Crippen molar-refractivity contribution in [1.29, 1.82) is 0 Å². The largest absolute Gasteiger partial charge is 0.494 e. The van der Waals surface area contributed by atoms with Gasteiger partial charge in [-0.2, -0.15) is 4.31 Å². The summed E-state index contributed by atoms with van der Waals surface area (Å²) in [5, 5.41) is 9.07. The first-order valence-electron chi connectivity index (χ1n) is 7.41. The fraction of sp³-hybridized carbons (Fsp3) is 0.533. The lowest BCUT2D eigenvalue weighted by Crippen LogP contribution is -2.42. The zero-order chi connectivity index (χ0) is 16.2. The van der Waals surface area contributed by atoms with Gasteiger partial charge >= 0.3 is 5.97 Å². The fourth-order valence-corrected chi connectivity index (χ4v) is 3.96. The molecular formula is C15H21NO5S. The molecule has 1 unspecified atom stereocenters. The molecule has 0 aliphatic carbocycles. The molecular weight excluding hydrogens is 306 g/mol. The van der Waals surface area contributed by atoms with Crippen molar-refractivity contribution in [3.05, 3.63) is 24.3 Å². The first kappa shape index (κ1) is 16.8. The zero-order valence-corrected chi connectivity index (χ0v) is 13.4. The second kappa shape index (κ2) is 7.11. The molecule has 22 heavy (non-hydrogen) atoms. The molecule has 1 saturated heterocycles. The zero-order valence-electron chi connectivity index (χ0n) is 12.6. The Labute approximate surface area is 130 Å². The van der Waals surface area contributed by atoms with Crippen LogP contribution in [0.5, 0.6) is 5.75 Å². The molecule has 1 aliphatic heterocycles. The van der Waals surface area contributed by atoms with Gasteiger partial charge in [0.05, 0.1) is 17.4 Å². The van der Waals surface area contributed by atoms with Crippen molar-refractivity contribution in [2.75, 3.05) is 19.7 Å². The Kier molecular flexibility index (Phi) is 5.42. The van der Waals surface area contributed by atoms with Gasteiger partial charge in [0.2, 0.25) is 10.0 Å². The van der Waals surface area contributed by atoms with Crippen LogP contribution in [0.3, 0.4) is 0 Å². The Morgan fingerprint density at radius 3 is 2.64 bits per heavy atom. The van der Waals surface area contributed by atoms with Crippen LogP contribution in [-0.4, -0.2) is 43.5 Å². The molecule has 0 radical (unpaired) electrons. The molecule has 2 rings (SSSR count). The van der Waals surface area contributed by atoms with E-state index in [0.29, 0.717) is 31.7 Å². The summed E-state index contributed by atoms with van der Waals surface area (Å²) in [4.78, 5) is 11.2. The topological polar surface area (TPSA) is 83.9 Å². The Hall–Kier alpha value is -1.60. The molecule has 0 bridgehead atoms. The van der Waals surface area contributed by atoms with Crippen molar-refractivity contribution in [2.24, 2.45) is 5.92 Å². The Morgan fingerprint density at radius 2 is 2.05 bits per heavy atom. The Morgan fingerprint density at radius 1 is 1.36 bits per heavy atom.